The van der Waals surface area contributed by atoms with E-state index in [1.807, 2.05) is 0 Å². The third-order valence-corrected chi connectivity index (χ3v) is 3.04. The summed E-state index contributed by atoms with van der Waals surface area (Å²) in [7, 11) is 0. The second-order valence-electron chi connectivity index (χ2n) is 4.48. The molecule has 1 saturated heterocycles. The SMILES string of the molecule is Cc1ccc(C(=O)NC2CCNCC2)c(F)c1. The Morgan fingerprint density at radius 1 is 1.41 bits per heavy atom. The highest BCUT2D eigenvalue weighted by molar-refractivity contribution is 5.94. The highest BCUT2D eigenvalue weighted by Gasteiger charge is 2.18. The summed E-state index contributed by atoms with van der Waals surface area (Å²) < 4.78 is 13.6. The average molecular weight is 236 g/mol. The van der Waals surface area contributed by atoms with Crippen molar-refractivity contribution in [3.63, 3.8) is 0 Å². The monoisotopic (exact) mass is 236 g/mol. The zero-order chi connectivity index (χ0) is 12.3. The van der Waals surface area contributed by atoms with E-state index in [0.717, 1.165) is 31.5 Å². The van der Waals surface area contributed by atoms with E-state index in [9.17, 15) is 9.18 Å². The molecule has 1 aromatic rings. The molecule has 92 valence electrons. The van der Waals surface area contributed by atoms with E-state index in [-0.39, 0.29) is 17.5 Å². The number of carbonyl (C=O) groups excluding carboxylic acids is 1. The Kier molecular flexibility index (Phi) is 3.74. The highest BCUT2D eigenvalue weighted by Crippen LogP contribution is 2.11. The second kappa shape index (κ2) is 5.27. The summed E-state index contributed by atoms with van der Waals surface area (Å²) in [5.74, 6) is -0.758. The first-order chi connectivity index (χ1) is 8.16. The Balaban J connectivity index is 2.03. The number of hydrogen-bond acceptors (Lipinski definition) is 2. The maximum atomic E-state index is 13.6. The van der Waals surface area contributed by atoms with Gasteiger partial charge < -0.3 is 10.6 Å². The third kappa shape index (κ3) is 3.03. The first-order valence-electron chi connectivity index (χ1n) is 5.94. The fraction of sp³-hybridized carbons (Fsp3) is 0.462. The predicted octanol–water partition coefficient (Wildman–Crippen LogP) is 1.62. The number of halogens is 1. The van der Waals surface area contributed by atoms with Gasteiger partial charge in [-0.2, -0.15) is 0 Å². The van der Waals surface area contributed by atoms with Crippen LogP contribution < -0.4 is 10.6 Å². The average Bonchev–Trinajstić information content (AvgIpc) is 2.30. The van der Waals surface area contributed by atoms with Crippen molar-refractivity contribution in [1.29, 1.82) is 0 Å². The van der Waals surface area contributed by atoms with Gasteiger partial charge in [-0.25, -0.2) is 4.39 Å². The molecule has 3 nitrogen and oxygen atoms in total. The van der Waals surface area contributed by atoms with Crippen LogP contribution in [-0.4, -0.2) is 25.0 Å². The molecule has 17 heavy (non-hydrogen) atoms. The van der Waals surface area contributed by atoms with Crippen LogP contribution in [0, 0.1) is 12.7 Å². The molecule has 0 aliphatic carbocycles. The topological polar surface area (TPSA) is 41.1 Å². The lowest BCUT2D eigenvalue weighted by molar-refractivity contribution is 0.0925. The van der Waals surface area contributed by atoms with E-state index >= 15 is 0 Å². The van der Waals surface area contributed by atoms with Crippen molar-refractivity contribution in [2.75, 3.05) is 13.1 Å². The normalized spacial score (nSPS) is 16.8. The number of benzene rings is 1. The van der Waals surface area contributed by atoms with Gasteiger partial charge in [-0.05, 0) is 50.6 Å². The van der Waals surface area contributed by atoms with Crippen molar-refractivity contribution in [1.82, 2.24) is 10.6 Å². The molecule has 1 aliphatic rings. The molecule has 1 aromatic carbocycles. The van der Waals surface area contributed by atoms with Crippen LogP contribution in [0.4, 0.5) is 4.39 Å². The van der Waals surface area contributed by atoms with Crippen LogP contribution in [0.25, 0.3) is 0 Å². The molecule has 0 unspecified atom stereocenters. The van der Waals surface area contributed by atoms with Gasteiger partial charge in [0.1, 0.15) is 5.82 Å². The molecule has 0 saturated carbocycles. The van der Waals surface area contributed by atoms with Crippen LogP contribution in [-0.2, 0) is 0 Å². The van der Waals surface area contributed by atoms with Gasteiger partial charge in [0.2, 0.25) is 0 Å². The van der Waals surface area contributed by atoms with Crippen LogP contribution in [0.5, 0.6) is 0 Å². The standard InChI is InChI=1S/C13H17FN2O/c1-9-2-3-11(12(14)8-9)13(17)16-10-4-6-15-7-5-10/h2-3,8,10,15H,4-7H2,1H3,(H,16,17). The molecular weight excluding hydrogens is 219 g/mol. The van der Waals surface area contributed by atoms with Gasteiger partial charge in [-0.15, -0.1) is 0 Å². The molecule has 1 amide bonds. The fourth-order valence-electron chi connectivity index (χ4n) is 2.03. The zero-order valence-corrected chi connectivity index (χ0v) is 9.92. The molecule has 0 atom stereocenters. The summed E-state index contributed by atoms with van der Waals surface area (Å²) in [6.45, 7) is 3.61. The first kappa shape index (κ1) is 12.0. The predicted molar refractivity (Wildman–Crippen MR) is 64.5 cm³/mol. The zero-order valence-electron chi connectivity index (χ0n) is 9.92. The number of rotatable bonds is 2. The number of amides is 1. The van der Waals surface area contributed by atoms with Crippen molar-refractivity contribution < 1.29 is 9.18 Å². The van der Waals surface area contributed by atoms with E-state index < -0.39 is 5.82 Å². The van der Waals surface area contributed by atoms with E-state index in [4.69, 9.17) is 0 Å². The summed E-state index contributed by atoms with van der Waals surface area (Å²) in [5, 5.41) is 6.10. The lowest BCUT2D eigenvalue weighted by atomic mass is 10.1. The van der Waals surface area contributed by atoms with Crippen LogP contribution in [0.2, 0.25) is 0 Å². The largest absolute Gasteiger partial charge is 0.349 e. The fourth-order valence-corrected chi connectivity index (χ4v) is 2.03. The van der Waals surface area contributed by atoms with Crippen LogP contribution >= 0.6 is 0 Å². The van der Waals surface area contributed by atoms with Crippen LogP contribution in [0.1, 0.15) is 28.8 Å². The minimum Gasteiger partial charge on any atom is -0.349 e. The van der Waals surface area contributed by atoms with Gasteiger partial charge in [-0.3, -0.25) is 4.79 Å². The number of carbonyl (C=O) groups is 1. The number of piperidine rings is 1. The molecular formula is C13H17FN2O. The van der Waals surface area contributed by atoms with E-state index in [1.54, 1.807) is 19.1 Å². The molecule has 2 rings (SSSR count). The van der Waals surface area contributed by atoms with Crippen molar-refractivity contribution in [2.45, 2.75) is 25.8 Å². The molecule has 0 radical (unpaired) electrons. The van der Waals surface area contributed by atoms with Gasteiger partial charge in [-0.1, -0.05) is 6.07 Å². The van der Waals surface area contributed by atoms with Crippen molar-refractivity contribution >= 4 is 5.91 Å². The van der Waals surface area contributed by atoms with Gasteiger partial charge in [0.25, 0.3) is 5.91 Å². The maximum Gasteiger partial charge on any atom is 0.254 e. The van der Waals surface area contributed by atoms with Crippen molar-refractivity contribution in [3.8, 4) is 0 Å². The highest BCUT2D eigenvalue weighted by atomic mass is 19.1. The first-order valence-corrected chi connectivity index (χ1v) is 5.94. The molecule has 0 spiro atoms. The summed E-state index contributed by atoms with van der Waals surface area (Å²) >= 11 is 0. The Morgan fingerprint density at radius 3 is 2.76 bits per heavy atom. The molecule has 0 aromatic heterocycles. The van der Waals surface area contributed by atoms with E-state index in [0.29, 0.717) is 0 Å². The van der Waals surface area contributed by atoms with Gasteiger partial charge in [0.15, 0.2) is 0 Å². The molecule has 1 aliphatic heterocycles. The molecule has 2 N–H and O–H groups in total. The van der Waals surface area contributed by atoms with E-state index in [2.05, 4.69) is 10.6 Å². The third-order valence-electron chi connectivity index (χ3n) is 3.04. The van der Waals surface area contributed by atoms with Crippen LogP contribution in [0.15, 0.2) is 18.2 Å². The summed E-state index contributed by atoms with van der Waals surface area (Å²) in [4.78, 5) is 11.9. The van der Waals surface area contributed by atoms with Crippen LogP contribution in [0.3, 0.4) is 0 Å². The Morgan fingerprint density at radius 2 is 2.12 bits per heavy atom. The quantitative estimate of drug-likeness (QED) is 0.819. The summed E-state index contributed by atoms with van der Waals surface area (Å²) in [6, 6.07) is 4.84. The van der Waals surface area contributed by atoms with Gasteiger partial charge in [0, 0.05) is 6.04 Å². The maximum absolute atomic E-state index is 13.6. The smallest absolute Gasteiger partial charge is 0.254 e. The molecule has 1 fully saturated rings. The Bertz CT molecular complexity index is 414. The lowest BCUT2D eigenvalue weighted by Crippen LogP contribution is -2.42. The summed E-state index contributed by atoms with van der Waals surface area (Å²) in [6.07, 6.45) is 1.80. The summed E-state index contributed by atoms with van der Waals surface area (Å²) in [5.41, 5.74) is 0.954. The minimum absolute atomic E-state index is 0.133. The molecule has 1 heterocycles. The van der Waals surface area contributed by atoms with Crippen molar-refractivity contribution in [2.24, 2.45) is 0 Å². The number of nitrogens with one attached hydrogen (secondary N) is 2. The number of hydrogen-bond donors (Lipinski definition) is 2. The van der Waals surface area contributed by atoms with Gasteiger partial charge in [0.05, 0.1) is 5.56 Å². The minimum atomic E-state index is -0.448. The lowest BCUT2D eigenvalue weighted by Gasteiger charge is -2.23. The van der Waals surface area contributed by atoms with Crippen molar-refractivity contribution in [3.05, 3.63) is 35.1 Å². The molecule has 0 bridgehead atoms. The number of aryl methyl sites for hydroxylation is 1. The second-order valence-corrected chi connectivity index (χ2v) is 4.48. The Hall–Kier alpha value is -1.42. The Labute approximate surface area is 100 Å². The van der Waals surface area contributed by atoms with Gasteiger partial charge >= 0.3 is 0 Å². The van der Waals surface area contributed by atoms with E-state index in [1.165, 1.54) is 6.07 Å². The molecule has 4 heteroatoms.